The van der Waals surface area contributed by atoms with Crippen LogP contribution in [0.2, 0.25) is 0 Å². The number of hydrogen-bond donors (Lipinski definition) is 0. The van der Waals surface area contributed by atoms with Crippen molar-refractivity contribution in [1.29, 1.82) is 0 Å². The van der Waals surface area contributed by atoms with Crippen molar-refractivity contribution < 1.29 is 9.53 Å². The minimum Gasteiger partial charge on any atom is -0.493 e. The summed E-state index contributed by atoms with van der Waals surface area (Å²) < 4.78 is 5.77. The van der Waals surface area contributed by atoms with Gasteiger partial charge in [0, 0.05) is 11.8 Å². The minimum absolute atomic E-state index is 0.206. The maximum Gasteiger partial charge on any atom is 0.170 e. The quantitative estimate of drug-likeness (QED) is 0.666. The van der Waals surface area contributed by atoms with Crippen LogP contribution in [0.1, 0.15) is 36.0 Å². The SMILES string of the molecule is O=C1c2ccccc2OC[C@@H]2CCCC[C@H]12. The van der Waals surface area contributed by atoms with E-state index in [-0.39, 0.29) is 5.92 Å². The van der Waals surface area contributed by atoms with Gasteiger partial charge in [0.1, 0.15) is 5.75 Å². The molecular weight excluding hydrogens is 200 g/mol. The normalized spacial score (nSPS) is 28.6. The fourth-order valence-electron chi connectivity index (χ4n) is 2.94. The van der Waals surface area contributed by atoms with Crippen molar-refractivity contribution >= 4 is 5.78 Å². The third-order valence-corrected chi connectivity index (χ3v) is 3.85. The van der Waals surface area contributed by atoms with Gasteiger partial charge in [-0.05, 0) is 25.0 Å². The molecule has 1 aliphatic heterocycles. The molecular formula is C14H16O2. The Hall–Kier alpha value is -1.31. The van der Waals surface area contributed by atoms with Crippen LogP contribution < -0.4 is 4.74 Å². The first kappa shape index (κ1) is 9.88. The largest absolute Gasteiger partial charge is 0.493 e. The van der Waals surface area contributed by atoms with Gasteiger partial charge >= 0.3 is 0 Å². The molecule has 84 valence electrons. The topological polar surface area (TPSA) is 26.3 Å². The first-order valence-electron chi connectivity index (χ1n) is 6.12. The Bertz CT molecular complexity index is 411. The molecule has 1 heterocycles. The fourth-order valence-corrected chi connectivity index (χ4v) is 2.94. The summed E-state index contributed by atoms with van der Waals surface area (Å²) >= 11 is 0. The Morgan fingerprint density at radius 3 is 2.88 bits per heavy atom. The molecule has 0 aromatic heterocycles. The number of benzene rings is 1. The van der Waals surface area contributed by atoms with Crippen molar-refractivity contribution in [3.8, 4) is 5.75 Å². The number of ketones is 1. The van der Waals surface area contributed by atoms with E-state index < -0.39 is 0 Å². The van der Waals surface area contributed by atoms with Crippen LogP contribution in [0.4, 0.5) is 0 Å². The lowest BCUT2D eigenvalue weighted by Crippen LogP contribution is -2.28. The number of carbonyl (C=O) groups excluding carboxylic acids is 1. The molecule has 0 bridgehead atoms. The van der Waals surface area contributed by atoms with Crippen molar-refractivity contribution in [3.63, 3.8) is 0 Å². The van der Waals surface area contributed by atoms with E-state index in [1.165, 1.54) is 12.8 Å². The zero-order chi connectivity index (χ0) is 11.0. The molecule has 0 saturated heterocycles. The molecule has 2 heteroatoms. The molecule has 0 radical (unpaired) electrons. The van der Waals surface area contributed by atoms with Gasteiger partial charge in [0.25, 0.3) is 0 Å². The Morgan fingerprint density at radius 1 is 1.12 bits per heavy atom. The van der Waals surface area contributed by atoms with Gasteiger partial charge < -0.3 is 4.74 Å². The lowest BCUT2D eigenvalue weighted by atomic mass is 9.76. The molecule has 0 N–H and O–H groups in total. The Kier molecular flexibility index (Phi) is 2.43. The number of ether oxygens (including phenoxy) is 1. The molecule has 0 amide bonds. The van der Waals surface area contributed by atoms with Gasteiger partial charge in [-0.1, -0.05) is 25.0 Å². The molecule has 2 aliphatic rings. The van der Waals surface area contributed by atoms with Crippen molar-refractivity contribution in [2.24, 2.45) is 11.8 Å². The molecule has 2 nitrogen and oxygen atoms in total. The standard InChI is InChI=1S/C14H16O2/c15-14-11-6-2-1-5-10(11)9-16-13-8-4-3-7-12(13)14/h3-4,7-8,10-11H,1-2,5-6,9H2/t10-,11-/m0/s1. The number of rotatable bonds is 0. The van der Waals surface area contributed by atoms with Crippen LogP contribution in [0.25, 0.3) is 0 Å². The van der Waals surface area contributed by atoms with Crippen LogP contribution in [-0.4, -0.2) is 12.4 Å². The zero-order valence-corrected chi connectivity index (χ0v) is 9.32. The molecule has 16 heavy (non-hydrogen) atoms. The van der Waals surface area contributed by atoms with E-state index in [0.717, 1.165) is 24.2 Å². The maximum absolute atomic E-state index is 12.4. The molecule has 0 unspecified atom stereocenters. The second kappa shape index (κ2) is 3.93. The lowest BCUT2D eigenvalue weighted by Gasteiger charge is -2.27. The van der Waals surface area contributed by atoms with E-state index in [2.05, 4.69) is 0 Å². The highest BCUT2D eigenvalue weighted by Gasteiger charge is 2.35. The predicted molar refractivity (Wildman–Crippen MR) is 61.7 cm³/mol. The summed E-state index contributed by atoms with van der Waals surface area (Å²) in [6, 6.07) is 7.66. The van der Waals surface area contributed by atoms with Crippen LogP contribution >= 0.6 is 0 Å². The van der Waals surface area contributed by atoms with Crippen LogP contribution in [-0.2, 0) is 0 Å². The molecule has 2 atom stereocenters. The molecule has 1 fully saturated rings. The second-order valence-corrected chi connectivity index (χ2v) is 4.82. The van der Waals surface area contributed by atoms with Crippen LogP contribution in [0.3, 0.4) is 0 Å². The highest BCUT2D eigenvalue weighted by Crippen LogP contribution is 2.37. The minimum atomic E-state index is 0.206. The summed E-state index contributed by atoms with van der Waals surface area (Å²) in [5.74, 6) is 1.73. The first-order valence-corrected chi connectivity index (χ1v) is 6.12. The fraction of sp³-hybridized carbons (Fsp3) is 0.500. The maximum atomic E-state index is 12.4. The van der Waals surface area contributed by atoms with Crippen molar-refractivity contribution in [1.82, 2.24) is 0 Å². The Balaban J connectivity index is 1.99. The summed E-state index contributed by atoms with van der Waals surface area (Å²) in [5, 5.41) is 0. The monoisotopic (exact) mass is 216 g/mol. The third-order valence-electron chi connectivity index (χ3n) is 3.85. The smallest absolute Gasteiger partial charge is 0.170 e. The predicted octanol–water partition coefficient (Wildman–Crippen LogP) is 3.07. The average molecular weight is 216 g/mol. The zero-order valence-electron chi connectivity index (χ0n) is 9.32. The number of hydrogen-bond acceptors (Lipinski definition) is 2. The Labute approximate surface area is 95.6 Å². The van der Waals surface area contributed by atoms with Crippen LogP contribution in [0, 0.1) is 11.8 Å². The summed E-state index contributed by atoms with van der Waals surface area (Å²) in [6.45, 7) is 0.716. The van der Waals surface area contributed by atoms with Crippen LogP contribution in [0.5, 0.6) is 5.75 Å². The number of carbonyl (C=O) groups is 1. The number of Topliss-reactive ketones (excluding diaryl/α,β-unsaturated/α-hetero) is 1. The first-order chi connectivity index (χ1) is 7.86. The molecule has 1 aromatic carbocycles. The van der Waals surface area contributed by atoms with Gasteiger partial charge in [0.15, 0.2) is 5.78 Å². The molecule has 3 rings (SSSR count). The van der Waals surface area contributed by atoms with Gasteiger partial charge in [-0.3, -0.25) is 4.79 Å². The number of fused-ring (bicyclic) bond motifs is 2. The van der Waals surface area contributed by atoms with E-state index in [4.69, 9.17) is 4.74 Å². The summed E-state index contributed by atoms with van der Waals surface area (Å²) in [7, 11) is 0. The van der Waals surface area contributed by atoms with E-state index >= 15 is 0 Å². The van der Waals surface area contributed by atoms with Gasteiger partial charge in [0.2, 0.25) is 0 Å². The highest BCUT2D eigenvalue weighted by atomic mass is 16.5. The van der Waals surface area contributed by atoms with Crippen molar-refractivity contribution in [2.75, 3.05) is 6.61 Å². The van der Waals surface area contributed by atoms with Crippen molar-refractivity contribution in [2.45, 2.75) is 25.7 Å². The molecule has 0 spiro atoms. The van der Waals surface area contributed by atoms with Gasteiger partial charge in [-0.15, -0.1) is 0 Å². The average Bonchev–Trinajstić information content (AvgIpc) is 2.49. The Morgan fingerprint density at radius 2 is 1.94 bits per heavy atom. The van der Waals surface area contributed by atoms with E-state index in [1.54, 1.807) is 0 Å². The van der Waals surface area contributed by atoms with E-state index in [9.17, 15) is 4.79 Å². The van der Waals surface area contributed by atoms with Gasteiger partial charge in [-0.25, -0.2) is 0 Å². The van der Waals surface area contributed by atoms with Gasteiger partial charge in [-0.2, -0.15) is 0 Å². The molecule has 1 aromatic rings. The molecule has 1 saturated carbocycles. The summed E-state index contributed by atoms with van der Waals surface area (Å²) in [6.07, 6.45) is 4.62. The summed E-state index contributed by atoms with van der Waals surface area (Å²) in [5.41, 5.74) is 0.789. The second-order valence-electron chi connectivity index (χ2n) is 4.82. The van der Waals surface area contributed by atoms with Crippen LogP contribution in [0.15, 0.2) is 24.3 Å². The third kappa shape index (κ3) is 1.53. The van der Waals surface area contributed by atoms with Crippen molar-refractivity contribution in [3.05, 3.63) is 29.8 Å². The highest BCUT2D eigenvalue weighted by molar-refractivity contribution is 6.00. The lowest BCUT2D eigenvalue weighted by molar-refractivity contribution is 0.0802. The number of para-hydroxylation sites is 1. The molecule has 1 aliphatic carbocycles. The van der Waals surface area contributed by atoms with E-state index in [1.807, 2.05) is 24.3 Å². The van der Waals surface area contributed by atoms with E-state index in [0.29, 0.717) is 18.3 Å². The van der Waals surface area contributed by atoms with Gasteiger partial charge in [0.05, 0.1) is 12.2 Å². The summed E-state index contributed by atoms with van der Waals surface area (Å²) in [4.78, 5) is 12.4.